The molecule has 1 heterocycles. The van der Waals surface area contributed by atoms with Crippen molar-refractivity contribution >= 4 is 49.2 Å². The van der Waals surface area contributed by atoms with Crippen molar-refractivity contribution in [3.63, 3.8) is 0 Å². The van der Waals surface area contributed by atoms with Crippen molar-refractivity contribution in [3.8, 4) is 0 Å². The number of benzene rings is 2. The van der Waals surface area contributed by atoms with Gasteiger partial charge in [-0.15, -0.1) is 0 Å². The van der Waals surface area contributed by atoms with Gasteiger partial charge in [0.1, 0.15) is 0 Å². The van der Waals surface area contributed by atoms with E-state index in [1.807, 2.05) is 0 Å². The van der Waals surface area contributed by atoms with E-state index in [-0.39, 0.29) is 17.9 Å². The second-order valence-electron chi connectivity index (χ2n) is 6.05. The van der Waals surface area contributed by atoms with E-state index >= 15 is 0 Å². The maximum absolute atomic E-state index is 12.4. The predicted octanol–water partition coefficient (Wildman–Crippen LogP) is 2.48. The molecule has 27 heavy (non-hydrogen) atoms. The number of carbonyl (C=O) groups is 3. The Morgan fingerprint density at radius 1 is 1.07 bits per heavy atom. The number of imide groups is 1. The van der Waals surface area contributed by atoms with E-state index in [1.54, 1.807) is 24.3 Å². The van der Waals surface area contributed by atoms with Crippen LogP contribution in [0, 0.1) is 0 Å². The number of rotatable bonds is 5. The first kappa shape index (κ1) is 19.2. The average molecular weight is 451 g/mol. The SMILES string of the molecule is CS(=O)(=O)c1cccc(NC(=O)CCN2C(=O)c3ccc(Br)cc3C2=O)c1. The highest BCUT2D eigenvalue weighted by Crippen LogP contribution is 2.26. The Kier molecular flexibility index (Phi) is 5.16. The lowest BCUT2D eigenvalue weighted by Crippen LogP contribution is -2.32. The second-order valence-corrected chi connectivity index (χ2v) is 8.98. The summed E-state index contributed by atoms with van der Waals surface area (Å²) >= 11 is 3.26. The monoisotopic (exact) mass is 450 g/mol. The maximum Gasteiger partial charge on any atom is 0.261 e. The topological polar surface area (TPSA) is 101 Å². The Bertz CT molecular complexity index is 1070. The van der Waals surface area contributed by atoms with Gasteiger partial charge in [-0.25, -0.2) is 8.42 Å². The van der Waals surface area contributed by atoms with Crippen molar-refractivity contribution < 1.29 is 22.8 Å². The lowest BCUT2D eigenvalue weighted by Gasteiger charge is -2.13. The van der Waals surface area contributed by atoms with E-state index in [1.165, 1.54) is 18.2 Å². The van der Waals surface area contributed by atoms with Crippen LogP contribution in [0.2, 0.25) is 0 Å². The van der Waals surface area contributed by atoms with Crippen molar-refractivity contribution in [1.82, 2.24) is 4.90 Å². The fourth-order valence-corrected chi connectivity index (χ4v) is 3.74. The molecular formula is C18H15BrN2O5S. The Balaban J connectivity index is 1.65. The number of anilines is 1. The maximum atomic E-state index is 12.4. The average Bonchev–Trinajstić information content (AvgIpc) is 2.83. The van der Waals surface area contributed by atoms with E-state index in [9.17, 15) is 22.8 Å². The van der Waals surface area contributed by atoms with Crippen molar-refractivity contribution in [1.29, 1.82) is 0 Å². The largest absolute Gasteiger partial charge is 0.326 e. The summed E-state index contributed by atoms with van der Waals surface area (Å²) in [5.74, 6) is -1.31. The van der Waals surface area contributed by atoms with Crippen LogP contribution < -0.4 is 5.32 Å². The standard InChI is InChI=1S/C18H15BrN2O5S/c1-27(25,26)13-4-2-3-12(10-13)20-16(22)7-8-21-17(23)14-6-5-11(19)9-15(14)18(21)24/h2-6,9-10H,7-8H2,1H3,(H,20,22). The normalized spacial score (nSPS) is 13.6. The molecule has 0 aromatic heterocycles. The van der Waals surface area contributed by atoms with Crippen LogP contribution in [0.15, 0.2) is 51.8 Å². The molecule has 0 unspecified atom stereocenters. The van der Waals surface area contributed by atoms with Crippen LogP contribution in [0.4, 0.5) is 5.69 Å². The summed E-state index contributed by atoms with van der Waals surface area (Å²) in [6.07, 6.45) is 0.976. The number of hydrogen-bond acceptors (Lipinski definition) is 5. The van der Waals surface area contributed by atoms with Gasteiger partial charge in [0.15, 0.2) is 9.84 Å². The van der Waals surface area contributed by atoms with E-state index in [4.69, 9.17) is 0 Å². The molecule has 0 aliphatic carbocycles. The lowest BCUT2D eigenvalue weighted by atomic mass is 10.1. The molecule has 1 N–H and O–H groups in total. The smallest absolute Gasteiger partial charge is 0.261 e. The number of nitrogens with zero attached hydrogens (tertiary/aromatic N) is 1. The molecule has 0 saturated heterocycles. The van der Waals surface area contributed by atoms with E-state index < -0.39 is 27.6 Å². The number of sulfone groups is 1. The van der Waals surface area contributed by atoms with E-state index in [0.29, 0.717) is 21.3 Å². The van der Waals surface area contributed by atoms with Crippen molar-refractivity contribution in [2.24, 2.45) is 0 Å². The van der Waals surface area contributed by atoms with Gasteiger partial charge >= 0.3 is 0 Å². The van der Waals surface area contributed by atoms with Gasteiger partial charge in [0.25, 0.3) is 11.8 Å². The van der Waals surface area contributed by atoms with Crippen LogP contribution in [0.25, 0.3) is 0 Å². The minimum atomic E-state index is -3.39. The zero-order chi connectivity index (χ0) is 19.8. The van der Waals surface area contributed by atoms with Gasteiger partial charge in [0.05, 0.1) is 16.0 Å². The molecule has 7 nitrogen and oxygen atoms in total. The van der Waals surface area contributed by atoms with Crippen molar-refractivity contribution in [3.05, 3.63) is 58.1 Å². The first-order chi connectivity index (χ1) is 12.7. The zero-order valence-corrected chi connectivity index (χ0v) is 16.6. The summed E-state index contributed by atoms with van der Waals surface area (Å²) in [4.78, 5) is 38.0. The van der Waals surface area contributed by atoms with Crippen LogP contribution in [0.5, 0.6) is 0 Å². The highest BCUT2D eigenvalue weighted by molar-refractivity contribution is 9.10. The summed E-state index contributed by atoms with van der Waals surface area (Å²) in [6.45, 7) is -0.0679. The third kappa shape index (κ3) is 4.09. The van der Waals surface area contributed by atoms with Gasteiger partial charge in [-0.05, 0) is 36.4 Å². The molecule has 3 amide bonds. The number of nitrogens with one attached hydrogen (secondary N) is 1. The Morgan fingerprint density at radius 3 is 2.48 bits per heavy atom. The number of carbonyl (C=O) groups excluding carboxylic acids is 3. The van der Waals surface area contributed by atoms with Crippen LogP contribution in [0.3, 0.4) is 0 Å². The molecule has 0 atom stereocenters. The Labute approximate surface area is 164 Å². The Hall–Kier alpha value is -2.52. The molecule has 2 aromatic rings. The van der Waals surface area contributed by atoms with Gasteiger partial charge in [-0.3, -0.25) is 19.3 Å². The van der Waals surface area contributed by atoms with E-state index in [0.717, 1.165) is 11.2 Å². The summed E-state index contributed by atoms with van der Waals surface area (Å²) < 4.78 is 23.8. The minimum absolute atomic E-state index is 0.0679. The zero-order valence-electron chi connectivity index (χ0n) is 14.2. The molecule has 0 spiro atoms. The third-order valence-corrected chi connectivity index (χ3v) is 5.64. The summed E-state index contributed by atoms with van der Waals surface area (Å²) in [6, 6.07) is 10.7. The van der Waals surface area contributed by atoms with Crippen molar-refractivity contribution in [2.75, 3.05) is 18.1 Å². The molecule has 9 heteroatoms. The second kappa shape index (κ2) is 7.24. The van der Waals surface area contributed by atoms with Gasteiger partial charge in [0.2, 0.25) is 5.91 Å². The minimum Gasteiger partial charge on any atom is -0.326 e. The summed E-state index contributed by atoms with van der Waals surface area (Å²) in [5.41, 5.74) is 0.939. The van der Waals surface area contributed by atoms with Gasteiger partial charge < -0.3 is 5.32 Å². The number of hydrogen-bond donors (Lipinski definition) is 1. The fraction of sp³-hybridized carbons (Fsp3) is 0.167. The molecule has 1 aliphatic heterocycles. The van der Waals surface area contributed by atoms with Crippen LogP contribution >= 0.6 is 15.9 Å². The molecule has 0 fully saturated rings. The molecule has 140 valence electrons. The van der Waals surface area contributed by atoms with Gasteiger partial charge in [-0.2, -0.15) is 0 Å². The molecule has 1 aliphatic rings. The fourth-order valence-electron chi connectivity index (χ4n) is 2.71. The number of halogens is 1. The van der Waals surface area contributed by atoms with Crippen molar-refractivity contribution in [2.45, 2.75) is 11.3 Å². The molecule has 0 radical (unpaired) electrons. The molecular weight excluding hydrogens is 436 g/mol. The lowest BCUT2D eigenvalue weighted by molar-refractivity contribution is -0.116. The van der Waals surface area contributed by atoms with Gasteiger partial charge in [-0.1, -0.05) is 22.0 Å². The predicted molar refractivity (Wildman–Crippen MR) is 102 cm³/mol. The van der Waals surface area contributed by atoms with Crippen LogP contribution in [-0.2, 0) is 14.6 Å². The highest BCUT2D eigenvalue weighted by Gasteiger charge is 2.35. The Morgan fingerprint density at radius 2 is 1.78 bits per heavy atom. The summed E-state index contributed by atoms with van der Waals surface area (Å²) in [5, 5.41) is 2.58. The quantitative estimate of drug-likeness (QED) is 0.705. The molecule has 0 bridgehead atoms. The van der Waals surface area contributed by atoms with Crippen LogP contribution in [-0.4, -0.2) is 43.8 Å². The molecule has 3 rings (SSSR count). The molecule has 2 aromatic carbocycles. The number of fused-ring (bicyclic) bond motifs is 1. The summed E-state index contributed by atoms with van der Waals surface area (Å²) in [7, 11) is -3.39. The highest BCUT2D eigenvalue weighted by atomic mass is 79.9. The molecule has 0 saturated carbocycles. The number of amides is 3. The first-order valence-corrected chi connectivity index (χ1v) is 10.6. The van der Waals surface area contributed by atoms with E-state index in [2.05, 4.69) is 21.2 Å². The van der Waals surface area contributed by atoms with Gasteiger partial charge in [0, 0.05) is 29.4 Å². The first-order valence-electron chi connectivity index (χ1n) is 7.92. The van der Waals surface area contributed by atoms with Crippen LogP contribution in [0.1, 0.15) is 27.1 Å². The third-order valence-electron chi connectivity index (χ3n) is 4.04.